The highest BCUT2D eigenvalue weighted by Crippen LogP contribution is 2.13. The summed E-state index contributed by atoms with van der Waals surface area (Å²) in [6.07, 6.45) is 0. The van der Waals surface area contributed by atoms with Gasteiger partial charge < -0.3 is 15.4 Å². The molecule has 1 aromatic carbocycles. The van der Waals surface area contributed by atoms with E-state index in [9.17, 15) is 24.5 Å². The number of amides is 2. The molecule has 0 saturated heterocycles. The monoisotopic (exact) mass is 295 g/mol. The Balaban J connectivity index is 2.63. The van der Waals surface area contributed by atoms with Gasteiger partial charge in [0.1, 0.15) is 6.54 Å². The van der Waals surface area contributed by atoms with Gasteiger partial charge in [0.2, 0.25) is 0 Å². The van der Waals surface area contributed by atoms with Crippen molar-refractivity contribution in [2.75, 3.05) is 20.2 Å². The molecular weight excluding hydrogens is 282 g/mol. The number of carbonyl (C=O) groups is 3. The molecule has 0 unspecified atom stereocenters. The first kappa shape index (κ1) is 16.1. The van der Waals surface area contributed by atoms with Crippen LogP contribution in [0, 0.1) is 10.1 Å². The molecule has 21 heavy (non-hydrogen) atoms. The topological polar surface area (TPSA) is 133 Å². The van der Waals surface area contributed by atoms with Crippen molar-refractivity contribution in [2.24, 2.45) is 5.73 Å². The smallest absolute Gasteiger partial charge is 0.326 e. The number of hydrogen-bond acceptors (Lipinski definition) is 6. The van der Waals surface area contributed by atoms with Crippen LogP contribution in [0.4, 0.5) is 5.69 Å². The number of nitrogens with zero attached hydrogens (tertiary/aromatic N) is 2. The summed E-state index contributed by atoms with van der Waals surface area (Å²) in [4.78, 5) is 44.7. The van der Waals surface area contributed by atoms with E-state index in [0.29, 0.717) is 0 Å². The van der Waals surface area contributed by atoms with Crippen LogP contribution in [-0.4, -0.2) is 47.8 Å². The van der Waals surface area contributed by atoms with Crippen molar-refractivity contribution in [1.82, 2.24) is 4.90 Å². The Bertz CT molecular complexity index is 569. The molecule has 0 bridgehead atoms. The van der Waals surface area contributed by atoms with Crippen molar-refractivity contribution in [3.63, 3.8) is 0 Å². The summed E-state index contributed by atoms with van der Waals surface area (Å²) in [7, 11) is 1.36. The average molecular weight is 295 g/mol. The van der Waals surface area contributed by atoms with Crippen molar-refractivity contribution >= 4 is 23.5 Å². The second-order valence-electron chi connectivity index (χ2n) is 4.09. The van der Waals surface area contributed by atoms with E-state index in [2.05, 4.69) is 4.74 Å². The number of likely N-dealkylation sites (N-methyl/N-ethyl adjacent to an activating group) is 1. The first-order valence-corrected chi connectivity index (χ1v) is 5.75. The summed E-state index contributed by atoms with van der Waals surface area (Å²) in [6.45, 7) is -0.929. The van der Waals surface area contributed by atoms with Crippen molar-refractivity contribution in [3.05, 3.63) is 39.9 Å². The highest BCUT2D eigenvalue weighted by molar-refractivity contribution is 5.96. The van der Waals surface area contributed by atoms with Gasteiger partial charge in [-0.2, -0.15) is 0 Å². The molecule has 2 N–H and O–H groups in total. The minimum atomic E-state index is -0.798. The van der Waals surface area contributed by atoms with Crippen LogP contribution >= 0.6 is 0 Å². The van der Waals surface area contributed by atoms with Gasteiger partial charge >= 0.3 is 5.97 Å². The first-order valence-electron chi connectivity index (χ1n) is 5.75. The van der Waals surface area contributed by atoms with Gasteiger partial charge in [-0.3, -0.25) is 24.5 Å². The number of non-ortho nitro benzene ring substituents is 1. The molecule has 9 heteroatoms. The predicted octanol–water partition coefficient (Wildman–Crippen LogP) is -0.305. The molecule has 0 fully saturated rings. The van der Waals surface area contributed by atoms with E-state index in [1.165, 1.54) is 31.3 Å². The molecule has 1 aromatic rings. The van der Waals surface area contributed by atoms with Gasteiger partial charge in [0.25, 0.3) is 17.5 Å². The molecule has 0 aliphatic heterocycles. The van der Waals surface area contributed by atoms with Gasteiger partial charge in [0.05, 0.1) is 4.92 Å². The molecule has 0 heterocycles. The van der Waals surface area contributed by atoms with Crippen LogP contribution in [0.1, 0.15) is 10.4 Å². The van der Waals surface area contributed by atoms with Crippen molar-refractivity contribution < 1.29 is 24.0 Å². The maximum atomic E-state index is 12.0. The highest BCUT2D eigenvalue weighted by atomic mass is 16.6. The highest BCUT2D eigenvalue weighted by Gasteiger charge is 2.17. The van der Waals surface area contributed by atoms with E-state index in [1.54, 1.807) is 0 Å². The molecule has 2 amide bonds. The number of hydrogen-bond donors (Lipinski definition) is 1. The lowest BCUT2D eigenvalue weighted by molar-refractivity contribution is -0.384. The molecule has 0 atom stereocenters. The molecule has 1 rings (SSSR count). The quantitative estimate of drug-likeness (QED) is 0.435. The van der Waals surface area contributed by atoms with Crippen molar-refractivity contribution in [2.45, 2.75) is 0 Å². The molecule has 9 nitrogen and oxygen atoms in total. The fourth-order valence-corrected chi connectivity index (χ4v) is 1.41. The maximum absolute atomic E-state index is 12.0. The lowest BCUT2D eigenvalue weighted by Gasteiger charge is -2.15. The molecule has 0 aliphatic carbocycles. The molecule has 0 aromatic heterocycles. The van der Waals surface area contributed by atoms with Gasteiger partial charge in [0, 0.05) is 24.7 Å². The zero-order valence-electron chi connectivity index (χ0n) is 11.1. The minimum absolute atomic E-state index is 0.143. The number of nitro benzene ring substituents is 1. The van der Waals surface area contributed by atoms with E-state index in [0.717, 1.165) is 4.90 Å². The Hall–Kier alpha value is -2.97. The van der Waals surface area contributed by atoms with Crippen LogP contribution in [0.3, 0.4) is 0 Å². The lowest BCUT2D eigenvalue weighted by Crippen LogP contribution is -2.34. The SMILES string of the molecule is CN(CC(=O)OCC(N)=O)C(=O)c1ccc([N+](=O)[O-])cc1. The number of esters is 1. The Morgan fingerprint density at radius 3 is 2.33 bits per heavy atom. The maximum Gasteiger partial charge on any atom is 0.326 e. The molecule has 112 valence electrons. The lowest BCUT2D eigenvalue weighted by atomic mass is 10.2. The third-order valence-corrected chi connectivity index (χ3v) is 2.41. The summed E-state index contributed by atoms with van der Waals surface area (Å²) in [6, 6.07) is 4.94. The van der Waals surface area contributed by atoms with Crippen LogP contribution in [0.2, 0.25) is 0 Å². The molecule has 0 spiro atoms. The fourth-order valence-electron chi connectivity index (χ4n) is 1.41. The van der Waals surface area contributed by atoms with Crippen molar-refractivity contribution in [1.29, 1.82) is 0 Å². The van der Waals surface area contributed by atoms with E-state index in [-0.39, 0.29) is 17.8 Å². The third kappa shape index (κ3) is 4.90. The summed E-state index contributed by atoms with van der Waals surface area (Å²) in [5.41, 5.74) is 4.85. The van der Waals surface area contributed by atoms with Gasteiger partial charge in [0.15, 0.2) is 6.61 Å². The number of nitro groups is 1. The first-order chi connectivity index (χ1) is 9.81. The van der Waals surface area contributed by atoms with E-state index in [1.807, 2.05) is 0 Å². The number of rotatable bonds is 6. The summed E-state index contributed by atoms with van der Waals surface area (Å²) in [5, 5.41) is 10.5. The van der Waals surface area contributed by atoms with E-state index >= 15 is 0 Å². The average Bonchev–Trinajstić information content (AvgIpc) is 2.44. The largest absolute Gasteiger partial charge is 0.454 e. The summed E-state index contributed by atoms with van der Waals surface area (Å²) < 4.78 is 4.51. The molecular formula is C12H13N3O6. The van der Waals surface area contributed by atoms with Crippen LogP contribution in [0.15, 0.2) is 24.3 Å². The number of carbonyl (C=O) groups excluding carboxylic acids is 3. The Morgan fingerprint density at radius 2 is 1.86 bits per heavy atom. The zero-order valence-corrected chi connectivity index (χ0v) is 11.1. The standard InChI is InChI=1S/C12H13N3O6/c1-14(6-11(17)21-7-10(13)16)12(18)8-2-4-9(5-3-8)15(19)20/h2-5H,6-7H2,1H3,(H2,13,16). The number of ether oxygens (including phenoxy) is 1. The zero-order chi connectivity index (χ0) is 16.0. The van der Waals surface area contributed by atoms with E-state index in [4.69, 9.17) is 5.73 Å². The Kier molecular flexibility index (Phi) is 5.35. The van der Waals surface area contributed by atoms with E-state index < -0.39 is 29.3 Å². The summed E-state index contributed by atoms with van der Waals surface area (Å²) in [5.74, 6) is -2.10. The van der Waals surface area contributed by atoms with Gasteiger partial charge in [-0.05, 0) is 12.1 Å². The van der Waals surface area contributed by atoms with Crippen LogP contribution in [0.5, 0.6) is 0 Å². The third-order valence-electron chi connectivity index (χ3n) is 2.41. The number of benzene rings is 1. The predicted molar refractivity (Wildman–Crippen MR) is 70.2 cm³/mol. The van der Waals surface area contributed by atoms with Crippen LogP contribution in [-0.2, 0) is 14.3 Å². The van der Waals surface area contributed by atoms with Gasteiger partial charge in [-0.15, -0.1) is 0 Å². The summed E-state index contributed by atoms with van der Waals surface area (Å²) >= 11 is 0. The number of primary amides is 1. The molecule has 0 aliphatic rings. The number of nitrogens with two attached hydrogens (primary N) is 1. The van der Waals surface area contributed by atoms with Crippen LogP contribution in [0.25, 0.3) is 0 Å². The molecule has 0 radical (unpaired) electrons. The van der Waals surface area contributed by atoms with Gasteiger partial charge in [-0.25, -0.2) is 0 Å². The Morgan fingerprint density at radius 1 is 1.29 bits per heavy atom. The Labute approximate surface area is 119 Å². The normalized spacial score (nSPS) is 9.76. The van der Waals surface area contributed by atoms with Crippen molar-refractivity contribution in [3.8, 4) is 0 Å². The second kappa shape index (κ2) is 6.98. The minimum Gasteiger partial charge on any atom is -0.454 e. The second-order valence-corrected chi connectivity index (χ2v) is 4.09. The fraction of sp³-hybridized carbons (Fsp3) is 0.250. The van der Waals surface area contributed by atoms with Gasteiger partial charge in [-0.1, -0.05) is 0 Å². The van der Waals surface area contributed by atoms with Crippen LogP contribution < -0.4 is 5.73 Å². The molecule has 0 saturated carbocycles.